The van der Waals surface area contributed by atoms with E-state index < -0.39 is 5.97 Å². The first-order chi connectivity index (χ1) is 9.70. The Morgan fingerprint density at radius 1 is 1.15 bits per heavy atom. The van der Waals surface area contributed by atoms with Crippen LogP contribution >= 0.6 is 0 Å². The third-order valence-electron chi connectivity index (χ3n) is 3.17. The maximum absolute atomic E-state index is 11.8. The van der Waals surface area contributed by atoms with Crippen molar-refractivity contribution >= 4 is 17.1 Å². The molecule has 2 aromatic carbocycles. The smallest absolute Gasteiger partial charge is 0.338 e. The summed E-state index contributed by atoms with van der Waals surface area (Å²) in [6.45, 7) is 1.96. The Hall–Kier alpha value is -2.62. The van der Waals surface area contributed by atoms with Crippen LogP contribution < -0.4 is 0 Å². The molecule has 0 unspecified atom stereocenters. The minimum absolute atomic E-state index is 0.403. The van der Waals surface area contributed by atoms with Gasteiger partial charge in [-0.1, -0.05) is 24.3 Å². The molecule has 0 bridgehead atoms. The summed E-state index contributed by atoms with van der Waals surface area (Å²) >= 11 is 0. The summed E-state index contributed by atoms with van der Waals surface area (Å²) in [4.78, 5) is 16.2. The molecule has 0 fully saturated rings. The third-order valence-corrected chi connectivity index (χ3v) is 3.17. The molecule has 100 valence electrons. The molecule has 0 radical (unpaired) electrons. The molecule has 0 atom stereocenters. The highest BCUT2D eigenvalue weighted by atomic mass is 16.5. The van der Waals surface area contributed by atoms with Crippen molar-refractivity contribution in [2.75, 3.05) is 7.11 Å². The topological polar surface area (TPSA) is 52.3 Å². The van der Waals surface area contributed by atoms with Gasteiger partial charge in [0.1, 0.15) is 5.52 Å². The largest absolute Gasteiger partial charge is 0.465 e. The lowest BCUT2D eigenvalue weighted by Crippen LogP contribution is -2.03. The first-order valence-corrected chi connectivity index (χ1v) is 6.24. The van der Waals surface area contributed by atoms with Crippen LogP contribution in [0.3, 0.4) is 0 Å². The number of hydrogen-bond donors (Lipinski definition) is 0. The Morgan fingerprint density at radius 3 is 2.70 bits per heavy atom. The molecule has 20 heavy (non-hydrogen) atoms. The summed E-state index contributed by atoms with van der Waals surface area (Å²) in [5.74, 6) is 0.0230. The van der Waals surface area contributed by atoms with Gasteiger partial charge in [-0.3, -0.25) is 0 Å². The highest BCUT2D eigenvalue weighted by Crippen LogP contribution is 2.28. The molecule has 1 heterocycles. The molecule has 1 aromatic heterocycles. The van der Waals surface area contributed by atoms with E-state index in [1.165, 1.54) is 7.11 Å². The molecule has 3 aromatic rings. The highest BCUT2D eigenvalue weighted by Gasteiger charge is 2.17. The Morgan fingerprint density at radius 2 is 1.95 bits per heavy atom. The molecule has 0 spiro atoms. The minimum atomic E-state index is -0.403. The Kier molecular flexibility index (Phi) is 2.99. The molecule has 0 aliphatic rings. The van der Waals surface area contributed by atoms with E-state index in [0.717, 1.165) is 16.7 Å². The van der Waals surface area contributed by atoms with Crippen molar-refractivity contribution in [1.82, 2.24) is 4.98 Å². The van der Waals surface area contributed by atoms with E-state index in [1.54, 1.807) is 18.2 Å². The summed E-state index contributed by atoms with van der Waals surface area (Å²) < 4.78 is 10.6. The average molecular weight is 267 g/mol. The predicted molar refractivity (Wildman–Crippen MR) is 75.5 cm³/mol. The lowest BCUT2D eigenvalue weighted by atomic mass is 10.1. The Bertz CT molecular complexity index is 789. The molecule has 0 aliphatic carbocycles. The second-order valence-electron chi connectivity index (χ2n) is 4.48. The van der Waals surface area contributed by atoms with Gasteiger partial charge in [0.2, 0.25) is 5.89 Å². The zero-order valence-corrected chi connectivity index (χ0v) is 11.2. The number of carbonyl (C=O) groups is 1. The van der Waals surface area contributed by atoms with Gasteiger partial charge in [-0.05, 0) is 30.7 Å². The summed E-state index contributed by atoms with van der Waals surface area (Å²) in [5.41, 5.74) is 3.60. The van der Waals surface area contributed by atoms with Crippen molar-refractivity contribution in [2.24, 2.45) is 0 Å². The van der Waals surface area contributed by atoms with Gasteiger partial charge in [0.05, 0.1) is 18.2 Å². The molecule has 0 amide bonds. The van der Waals surface area contributed by atoms with Crippen molar-refractivity contribution in [3.8, 4) is 11.5 Å². The first-order valence-electron chi connectivity index (χ1n) is 6.24. The quantitative estimate of drug-likeness (QED) is 0.666. The predicted octanol–water partition coefficient (Wildman–Crippen LogP) is 3.59. The van der Waals surface area contributed by atoms with E-state index >= 15 is 0 Å². The fraction of sp³-hybridized carbons (Fsp3) is 0.125. The molecule has 0 aliphatic heterocycles. The summed E-state index contributed by atoms with van der Waals surface area (Å²) in [6, 6.07) is 12.9. The molecular weight excluding hydrogens is 254 g/mol. The summed E-state index contributed by atoms with van der Waals surface area (Å²) in [7, 11) is 1.36. The molecule has 0 saturated carbocycles. The van der Waals surface area contributed by atoms with Crippen molar-refractivity contribution in [3.63, 3.8) is 0 Å². The van der Waals surface area contributed by atoms with E-state index in [9.17, 15) is 4.79 Å². The number of carbonyl (C=O) groups excluding carboxylic acids is 1. The van der Waals surface area contributed by atoms with Gasteiger partial charge in [0.15, 0.2) is 5.58 Å². The number of fused-ring (bicyclic) bond motifs is 1. The van der Waals surface area contributed by atoms with E-state index in [0.29, 0.717) is 17.0 Å². The van der Waals surface area contributed by atoms with Crippen LogP contribution in [-0.4, -0.2) is 18.1 Å². The lowest BCUT2D eigenvalue weighted by molar-refractivity contribution is 0.0601. The molecule has 4 heteroatoms. The Labute approximate surface area is 116 Å². The zero-order chi connectivity index (χ0) is 14.1. The zero-order valence-electron chi connectivity index (χ0n) is 11.2. The number of esters is 1. The molecule has 4 nitrogen and oxygen atoms in total. The maximum atomic E-state index is 11.8. The van der Waals surface area contributed by atoms with Gasteiger partial charge in [-0.2, -0.15) is 0 Å². The van der Waals surface area contributed by atoms with Crippen LogP contribution in [0.2, 0.25) is 0 Å². The van der Waals surface area contributed by atoms with E-state index in [2.05, 4.69) is 4.98 Å². The average Bonchev–Trinajstić information content (AvgIpc) is 2.92. The molecular formula is C16H13NO3. The van der Waals surface area contributed by atoms with Crippen molar-refractivity contribution in [3.05, 3.63) is 53.6 Å². The number of oxazole rings is 1. The number of benzene rings is 2. The first kappa shape index (κ1) is 12.4. The standard InChI is InChI=1S/C16H13NO3/c1-10-6-5-9-13-14(10)20-15(17-13)11-7-3-4-8-12(11)16(18)19-2/h3-9H,1-2H3. The number of ether oxygens (including phenoxy) is 1. The number of aryl methyl sites for hydroxylation is 1. The SMILES string of the molecule is COC(=O)c1ccccc1-c1nc2cccc(C)c2o1. The molecule has 0 N–H and O–H groups in total. The minimum Gasteiger partial charge on any atom is -0.465 e. The van der Waals surface area contributed by atoms with Gasteiger partial charge >= 0.3 is 5.97 Å². The maximum Gasteiger partial charge on any atom is 0.338 e. The number of aromatic nitrogens is 1. The van der Waals surface area contributed by atoms with E-state index in [-0.39, 0.29) is 0 Å². The van der Waals surface area contributed by atoms with E-state index in [1.807, 2.05) is 31.2 Å². The van der Waals surface area contributed by atoms with Gasteiger partial charge in [0.25, 0.3) is 0 Å². The molecule has 0 saturated heterocycles. The normalized spacial score (nSPS) is 10.7. The number of rotatable bonds is 2. The summed E-state index contributed by atoms with van der Waals surface area (Å²) in [6.07, 6.45) is 0. The van der Waals surface area contributed by atoms with Crippen LogP contribution in [0.1, 0.15) is 15.9 Å². The van der Waals surface area contributed by atoms with E-state index in [4.69, 9.17) is 9.15 Å². The van der Waals surface area contributed by atoms with Crippen molar-refractivity contribution in [2.45, 2.75) is 6.92 Å². The van der Waals surface area contributed by atoms with Crippen molar-refractivity contribution < 1.29 is 13.9 Å². The highest BCUT2D eigenvalue weighted by molar-refractivity contribution is 5.96. The summed E-state index contributed by atoms with van der Waals surface area (Å²) in [5, 5.41) is 0. The number of para-hydroxylation sites is 1. The third kappa shape index (κ3) is 1.95. The fourth-order valence-electron chi connectivity index (χ4n) is 2.16. The number of hydrogen-bond acceptors (Lipinski definition) is 4. The van der Waals surface area contributed by atoms with Crippen LogP contribution in [0.5, 0.6) is 0 Å². The second kappa shape index (κ2) is 4.81. The second-order valence-corrected chi connectivity index (χ2v) is 4.48. The van der Waals surface area contributed by atoms with Crippen LogP contribution in [-0.2, 0) is 4.74 Å². The monoisotopic (exact) mass is 267 g/mol. The van der Waals surface area contributed by atoms with Crippen LogP contribution in [0.25, 0.3) is 22.6 Å². The fourth-order valence-corrected chi connectivity index (χ4v) is 2.16. The van der Waals surface area contributed by atoms with Gasteiger partial charge in [0, 0.05) is 0 Å². The molecule has 3 rings (SSSR count). The Balaban J connectivity index is 2.21. The van der Waals surface area contributed by atoms with Gasteiger partial charge < -0.3 is 9.15 Å². The van der Waals surface area contributed by atoms with Crippen LogP contribution in [0, 0.1) is 6.92 Å². The van der Waals surface area contributed by atoms with Crippen molar-refractivity contribution in [1.29, 1.82) is 0 Å². The van der Waals surface area contributed by atoms with Gasteiger partial charge in [-0.25, -0.2) is 9.78 Å². The lowest BCUT2D eigenvalue weighted by Gasteiger charge is -2.03. The van der Waals surface area contributed by atoms with Crippen LogP contribution in [0.4, 0.5) is 0 Å². The number of methoxy groups -OCH3 is 1. The van der Waals surface area contributed by atoms with Crippen LogP contribution in [0.15, 0.2) is 46.9 Å². The van der Waals surface area contributed by atoms with Gasteiger partial charge in [-0.15, -0.1) is 0 Å². The number of nitrogens with zero attached hydrogens (tertiary/aromatic N) is 1.